The van der Waals surface area contributed by atoms with Gasteiger partial charge >= 0.3 is 0 Å². The number of nitrogens with two attached hydrogens (primary N) is 2. The van der Waals surface area contributed by atoms with E-state index in [2.05, 4.69) is 11.0 Å². The van der Waals surface area contributed by atoms with Gasteiger partial charge in [-0.25, -0.2) is 5.01 Å². The van der Waals surface area contributed by atoms with Crippen LogP contribution in [0.15, 0.2) is 18.2 Å². The molecular weight excluding hydrogens is 394 g/mol. The van der Waals surface area contributed by atoms with Gasteiger partial charge in [0.2, 0.25) is 11.8 Å². The van der Waals surface area contributed by atoms with Gasteiger partial charge in [-0.3, -0.25) is 14.4 Å². The van der Waals surface area contributed by atoms with Crippen LogP contribution in [0.3, 0.4) is 0 Å². The molecule has 2 aliphatic heterocycles. The van der Waals surface area contributed by atoms with Gasteiger partial charge in [0.25, 0.3) is 5.91 Å². The Bertz CT molecular complexity index is 834. The first-order valence-corrected chi connectivity index (χ1v) is 11.5. The van der Waals surface area contributed by atoms with Crippen LogP contribution < -0.4 is 16.4 Å². The van der Waals surface area contributed by atoms with Gasteiger partial charge in [-0.05, 0) is 63.6 Å². The maximum absolute atomic E-state index is 13.2. The van der Waals surface area contributed by atoms with Gasteiger partial charge in [0, 0.05) is 48.3 Å². The van der Waals surface area contributed by atoms with Gasteiger partial charge in [-0.2, -0.15) is 5.01 Å². The van der Waals surface area contributed by atoms with Gasteiger partial charge in [0.15, 0.2) is 0 Å². The molecule has 1 aromatic rings. The minimum Gasteiger partial charge on any atom is -0.368 e. The Morgan fingerprint density at radius 3 is 2.39 bits per heavy atom. The number of hydrogen-bond acceptors (Lipinski definition) is 6. The fraction of sp³-hybridized carbons (Fsp3) is 0.609. The van der Waals surface area contributed by atoms with E-state index in [1.54, 1.807) is 6.07 Å². The smallest absolute Gasteiger partial charge is 0.273 e. The van der Waals surface area contributed by atoms with Crippen LogP contribution in [0.25, 0.3) is 0 Å². The SMILES string of the molecule is NCCCCN(c1cccc2c1CN(N1C(=O)CCCC1=O)C2=O)C1CCC(N)CC1. The molecule has 3 amide bonds. The van der Waals surface area contributed by atoms with Gasteiger partial charge < -0.3 is 16.4 Å². The van der Waals surface area contributed by atoms with Crippen LogP contribution in [0.4, 0.5) is 5.69 Å². The van der Waals surface area contributed by atoms with Gasteiger partial charge in [-0.1, -0.05) is 6.07 Å². The van der Waals surface area contributed by atoms with Crippen molar-refractivity contribution < 1.29 is 14.4 Å². The predicted molar refractivity (Wildman–Crippen MR) is 118 cm³/mol. The number of anilines is 1. The van der Waals surface area contributed by atoms with Crippen molar-refractivity contribution in [1.82, 2.24) is 10.0 Å². The zero-order valence-electron chi connectivity index (χ0n) is 18.1. The Morgan fingerprint density at radius 1 is 1.00 bits per heavy atom. The first-order valence-electron chi connectivity index (χ1n) is 11.5. The highest BCUT2D eigenvalue weighted by Crippen LogP contribution is 2.37. The molecular formula is C23H33N5O3. The number of piperidine rings is 1. The van der Waals surface area contributed by atoms with E-state index in [4.69, 9.17) is 11.5 Å². The number of benzene rings is 1. The lowest BCUT2D eigenvalue weighted by Gasteiger charge is -2.39. The molecule has 2 heterocycles. The fourth-order valence-corrected chi connectivity index (χ4v) is 5.08. The van der Waals surface area contributed by atoms with E-state index in [1.807, 2.05) is 6.07 Å². The van der Waals surface area contributed by atoms with E-state index in [0.29, 0.717) is 37.4 Å². The average molecular weight is 428 g/mol. The molecule has 0 spiro atoms. The fourth-order valence-electron chi connectivity index (χ4n) is 5.08. The number of imide groups is 1. The Labute approximate surface area is 183 Å². The van der Waals surface area contributed by atoms with Crippen molar-refractivity contribution in [1.29, 1.82) is 0 Å². The third-order valence-corrected chi connectivity index (χ3v) is 6.76. The third-order valence-electron chi connectivity index (χ3n) is 6.76. The van der Waals surface area contributed by atoms with Crippen molar-refractivity contribution in [3.63, 3.8) is 0 Å². The van der Waals surface area contributed by atoms with Gasteiger partial charge in [-0.15, -0.1) is 0 Å². The lowest BCUT2D eigenvalue weighted by atomic mass is 9.89. The Kier molecular flexibility index (Phi) is 6.57. The summed E-state index contributed by atoms with van der Waals surface area (Å²) in [7, 11) is 0. The molecule has 8 heteroatoms. The normalized spacial score (nSPS) is 24.0. The molecule has 4 N–H and O–H groups in total. The molecule has 8 nitrogen and oxygen atoms in total. The van der Waals surface area contributed by atoms with E-state index in [0.717, 1.165) is 61.3 Å². The third kappa shape index (κ3) is 4.32. The average Bonchev–Trinajstić information content (AvgIpc) is 3.09. The van der Waals surface area contributed by atoms with Crippen molar-refractivity contribution in [2.75, 3.05) is 18.0 Å². The van der Waals surface area contributed by atoms with Crippen LogP contribution >= 0.6 is 0 Å². The number of carbonyl (C=O) groups excluding carboxylic acids is 3. The summed E-state index contributed by atoms with van der Waals surface area (Å²) in [5.41, 5.74) is 14.4. The molecule has 0 atom stereocenters. The van der Waals surface area contributed by atoms with E-state index in [9.17, 15) is 14.4 Å². The molecule has 3 aliphatic rings. The quantitative estimate of drug-likeness (QED) is 0.508. The number of unbranched alkanes of at least 4 members (excludes halogenated alkanes) is 1. The second-order valence-corrected chi connectivity index (χ2v) is 8.88. The minimum atomic E-state index is -0.292. The molecule has 1 aliphatic carbocycles. The van der Waals surface area contributed by atoms with Crippen LogP contribution in [0, 0.1) is 0 Å². The monoisotopic (exact) mass is 427 g/mol. The van der Waals surface area contributed by atoms with E-state index in [-0.39, 0.29) is 30.3 Å². The number of rotatable bonds is 7. The van der Waals surface area contributed by atoms with Crippen LogP contribution in [0.1, 0.15) is 73.7 Å². The minimum absolute atomic E-state index is 0.251. The number of carbonyl (C=O) groups is 3. The van der Waals surface area contributed by atoms with Crippen LogP contribution in [-0.2, 0) is 16.1 Å². The number of nitrogens with zero attached hydrogens (tertiary/aromatic N) is 3. The summed E-state index contributed by atoms with van der Waals surface area (Å²) >= 11 is 0. The summed E-state index contributed by atoms with van der Waals surface area (Å²) in [6.45, 7) is 1.77. The first kappa shape index (κ1) is 21.8. The second-order valence-electron chi connectivity index (χ2n) is 8.88. The molecule has 2 fully saturated rings. The molecule has 1 saturated carbocycles. The Hall–Kier alpha value is -2.45. The lowest BCUT2D eigenvalue weighted by molar-refractivity contribution is -0.163. The summed E-state index contributed by atoms with van der Waals surface area (Å²) in [6.07, 6.45) is 7.10. The van der Waals surface area contributed by atoms with Crippen molar-refractivity contribution in [2.45, 2.75) is 76.4 Å². The molecule has 1 aromatic carbocycles. The maximum atomic E-state index is 13.2. The molecule has 31 heavy (non-hydrogen) atoms. The molecule has 0 bridgehead atoms. The number of hydrogen-bond donors (Lipinski definition) is 2. The molecule has 0 unspecified atom stereocenters. The highest BCUT2D eigenvalue weighted by molar-refractivity contribution is 6.05. The van der Waals surface area contributed by atoms with Crippen molar-refractivity contribution >= 4 is 23.4 Å². The summed E-state index contributed by atoms with van der Waals surface area (Å²) < 4.78 is 0. The number of fused-ring (bicyclic) bond motifs is 1. The van der Waals surface area contributed by atoms with E-state index in [1.165, 1.54) is 5.01 Å². The highest BCUT2D eigenvalue weighted by atomic mass is 16.2. The van der Waals surface area contributed by atoms with Crippen LogP contribution in [0.2, 0.25) is 0 Å². The summed E-state index contributed by atoms with van der Waals surface area (Å²) in [4.78, 5) is 40.5. The molecule has 1 saturated heterocycles. The van der Waals surface area contributed by atoms with Gasteiger partial charge in [0.05, 0.1) is 6.54 Å². The van der Waals surface area contributed by atoms with Gasteiger partial charge in [0.1, 0.15) is 0 Å². The summed E-state index contributed by atoms with van der Waals surface area (Å²) in [5.74, 6) is -0.854. The topological polar surface area (TPSA) is 113 Å². The standard InChI is InChI=1S/C23H33N5O3/c24-13-1-2-14-26(17-11-9-16(25)10-12-17)20-6-3-5-18-19(20)15-27(23(18)31)28-21(29)7-4-8-22(28)30/h3,5-6,16-17H,1-2,4,7-15,24-25H2. The Balaban J connectivity index is 1.63. The zero-order chi connectivity index (χ0) is 22.0. The summed E-state index contributed by atoms with van der Waals surface area (Å²) in [6, 6.07) is 6.39. The number of hydrazine groups is 1. The zero-order valence-corrected chi connectivity index (χ0v) is 18.1. The predicted octanol–water partition coefficient (Wildman–Crippen LogP) is 1.91. The Morgan fingerprint density at radius 2 is 1.71 bits per heavy atom. The number of amides is 3. The van der Waals surface area contributed by atoms with Crippen molar-refractivity contribution in [2.24, 2.45) is 11.5 Å². The molecule has 0 aromatic heterocycles. The molecule has 4 rings (SSSR count). The largest absolute Gasteiger partial charge is 0.368 e. The van der Waals surface area contributed by atoms with E-state index < -0.39 is 0 Å². The lowest BCUT2D eigenvalue weighted by Crippen LogP contribution is -2.52. The highest BCUT2D eigenvalue weighted by Gasteiger charge is 2.41. The van der Waals surface area contributed by atoms with Crippen LogP contribution in [0.5, 0.6) is 0 Å². The second kappa shape index (κ2) is 9.36. The van der Waals surface area contributed by atoms with E-state index >= 15 is 0 Å². The first-order chi connectivity index (χ1) is 15.0. The maximum Gasteiger partial charge on any atom is 0.273 e. The molecule has 0 radical (unpaired) electrons. The molecule has 168 valence electrons. The van der Waals surface area contributed by atoms with Crippen LogP contribution in [-0.4, -0.2) is 52.9 Å². The van der Waals surface area contributed by atoms with Crippen molar-refractivity contribution in [3.8, 4) is 0 Å². The van der Waals surface area contributed by atoms with Crippen molar-refractivity contribution in [3.05, 3.63) is 29.3 Å². The summed E-state index contributed by atoms with van der Waals surface area (Å²) in [5, 5.41) is 2.42.